The van der Waals surface area contributed by atoms with Gasteiger partial charge in [-0.3, -0.25) is 38.9 Å². The Morgan fingerprint density at radius 3 is 1.42 bits per heavy atom. The van der Waals surface area contributed by atoms with Crippen molar-refractivity contribution in [1.82, 2.24) is 0 Å². The van der Waals surface area contributed by atoms with E-state index in [-0.39, 0.29) is 136 Å². The zero-order valence-electron chi connectivity index (χ0n) is 69.9. The molecule has 0 aromatic heterocycles. The molecule has 0 saturated carbocycles. The van der Waals surface area contributed by atoms with Crippen molar-refractivity contribution in [3.8, 4) is 57.8 Å². The fourth-order valence-electron chi connectivity index (χ4n) is 11.6. The number of alkyl halides is 3. The lowest BCUT2D eigenvalue weighted by atomic mass is 9.91. The molecule has 0 aliphatic heterocycles. The SMILES string of the molecule is Cc1cc(C(C#N)c2ccc(Cl)cc2)c(Cl)cc1NC(=O)c1cc(I)cc(I)c1O.O=C(Nc1cc(Cl)cc(Cl)c1O)c1c(O)c(Cl)cc(Cl)c1Cl.O=C(Nc1ccc(Br)cc1)c1cc(Br)cc(Br)c1O.O=C(Nc1ccc(Oc2ccc(Cl)cc2)c(Cl)c1)c1cc(I)cc(I)c1O.O=C(Nc1ccc([N+](=O)[O-])cc1Cl)c1cc(Cl)ccc1O.O=C(Nc1cccc(C(F)(F)F)c1)c1cc(Br)cc(Br)c1O. The number of nitro benzene ring substituents is 1. The summed E-state index contributed by atoms with van der Waals surface area (Å²) in [6.07, 6.45) is -4.50. The highest BCUT2D eigenvalue weighted by Gasteiger charge is 2.32. The lowest BCUT2D eigenvalue weighted by Gasteiger charge is -2.16. The van der Waals surface area contributed by atoms with Crippen LogP contribution in [-0.4, -0.2) is 76.1 Å². The number of amides is 6. The van der Waals surface area contributed by atoms with Crippen molar-refractivity contribution in [2.75, 3.05) is 31.9 Å². The Morgan fingerprint density at radius 1 is 0.411 bits per heavy atom. The molecule has 0 fully saturated rings. The van der Waals surface area contributed by atoms with Crippen molar-refractivity contribution < 1.29 is 87.3 Å². The van der Waals surface area contributed by atoms with Crippen molar-refractivity contribution in [1.29, 1.82) is 5.26 Å². The molecule has 0 aliphatic carbocycles. The maximum atomic E-state index is 12.7. The lowest BCUT2D eigenvalue weighted by molar-refractivity contribution is -0.384. The topological polar surface area (TPSA) is 392 Å². The predicted octanol–water partition coefficient (Wildman–Crippen LogP) is 33.7. The van der Waals surface area contributed by atoms with Crippen LogP contribution in [0.25, 0.3) is 0 Å². The van der Waals surface area contributed by atoms with Crippen LogP contribution in [0.5, 0.6) is 51.7 Å². The van der Waals surface area contributed by atoms with Gasteiger partial charge in [-0.05, 0) is 340 Å². The first-order valence-electron chi connectivity index (χ1n) is 38.5. The van der Waals surface area contributed by atoms with E-state index in [2.05, 4.69) is 163 Å². The molecule has 0 aliphatic rings. The second-order valence-corrected chi connectivity index (χ2v) is 42.0. The molecular formula is C94H55Br5Cl11F3I4N8O16. The van der Waals surface area contributed by atoms with E-state index in [0.29, 0.717) is 74.8 Å². The number of halogens is 23. The Kier molecular flexibility index (Phi) is 43.6. The molecule has 0 bridgehead atoms. The van der Waals surface area contributed by atoms with Gasteiger partial charge in [0.05, 0.1) is 108 Å². The Morgan fingerprint density at radius 2 is 0.894 bits per heavy atom. The zero-order chi connectivity index (χ0) is 104. The number of nitrogens with zero attached hydrogens (tertiary/aromatic N) is 2. The summed E-state index contributed by atoms with van der Waals surface area (Å²) in [5.74, 6) is -4.64. The molecule has 0 heterocycles. The van der Waals surface area contributed by atoms with E-state index in [1.54, 1.807) is 127 Å². The molecule has 0 saturated heterocycles. The number of benzene rings is 14. The molecule has 1 unspecified atom stereocenters. The minimum Gasteiger partial charge on any atom is -0.507 e. The number of nitriles is 1. The number of carbonyl (C=O) groups excluding carboxylic acids is 6. The van der Waals surface area contributed by atoms with Crippen LogP contribution in [0, 0.1) is 42.6 Å². The second-order valence-electron chi connectivity index (χ2n) is 28.2. The number of rotatable bonds is 17. The van der Waals surface area contributed by atoms with Crippen molar-refractivity contribution >= 4 is 373 Å². The van der Waals surface area contributed by atoms with Gasteiger partial charge in [0, 0.05) is 80.6 Å². The Hall–Kier alpha value is -8.51. The Labute approximate surface area is 950 Å². The summed E-state index contributed by atoms with van der Waals surface area (Å²) in [5.41, 5.74) is 3.00. The maximum absolute atomic E-state index is 12.7. The smallest absolute Gasteiger partial charge is 0.416 e. The number of ether oxygens (including phenoxy) is 1. The first-order valence-corrected chi connectivity index (χ1v) is 50.9. The van der Waals surface area contributed by atoms with Crippen LogP contribution in [0.4, 0.5) is 53.0 Å². The molecule has 14 aromatic carbocycles. The third kappa shape index (κ3) is 33.0. The van der Waals surface area contributed by atoms with Crippen molar-refractivity contribution in [2.45, 2.75) is 19.0 Å². The lowest BCUT2D eigenvalue weighted by Crippen LogP contribution is -2.14. The van der Waals surface area contributed by atoms with E-state index < -0.39 is 57.9 Å². The van der Waals surface area contributed by atoms with Gasteiger partial charge in [-0.25, -0.2) is 0 Å². The van der Waals surface area contributed by atoms with E-state index in [1.165, 1.54) is 72.8 Å². The number of nitro groups is 1. The molecule has 0 spiro atoms. The molecule has 47 heteroatoms. The molecule has 0 radical (unpaired) electrons. The van der Waals surface area contributed by atoms with E-state index in [1.807, 2.05) is 64.2 Å². The molecular weight excluding hydrogens is 2850 g/mol. The molecule has 6 amide bonds. The fraction of sp³-hybridized carbons (Fsp3) is 0.0319. The number of carbonyl (C=O) groups is 6. The molecule has 13 N–H and O–H groups in total. The van der Waals surface area contributed by atoms with E-state index >= 15 is 0 Å². The molecule has 14 rings (SSSR count). The fourth-order valence-corrected chi connectivity index (χ4v) is 20.3. The van der Waals surface area contributed by atoms with Crippen molar-refractivity contribution in [3.63, 3.8) is 0 Å². The summed E-state index contributed by atoms with van der Waals surface area (Å²) in [7, 11) is 0. The van der Waals surface area contributed by atoms with Crippen LogP contribution in [0.15, 0.2) is 253 Å². The van der Waals surface area contributed by atoms with Crippen LogP contribution in [-0.2, 0) is 6.18 Å². The molecule has 1 atom stereocenters. The summed E-state index contributed by atoms with van der Waals surface area (Å²) >= 11 is 89.4. The van der Waals surface area contributed by atoms with Crippen LogP contribution in [0.3, 0.4) is 0 Å². The minimum absolute atomic E-state index is 0.0111. The maximum Gasteiger partial charge on any atom is 0.416 e. The van der Waals surface area contributed by atoms with Gasteiger partial charge in [0.1, 0.15) is 51.6 Å². The predicted molar refractivity (Wildman–Crippen MR) is 598 cm³/mol. The van der Waals surface area contributed by atoms with E-state index in [0.717, 1.165) is 40.9 Å². The second kappa shape index (κ2) is 53.0. The van der Waals surface area contributed by atoms with Crippen molar-refractivity contribution in [3.05, 3.63) is 388 Å². The van der Waals surface area contributed by atoms with Crippen molar-refractivity contribution in [2.24, 2.45) is 0 Å². The first kappa shape index (κ1) is 116. The summed E-state index contributed by atoms with van der Waals surface area (Å²) in [6.45, 7) is 1.82. The summed E-state index contributed by atoms with van der Waals surface area (Å²) < 4.78 is 49.4. The highest BCUT2D eigenvalue weighted by Crippen LogP contribution is 2.45. The van der Waals surface area contributed by atoms with E-state index in [9.17, 15) is 93.1 Å². The number of phenolic OH excluding ortho intramolecular Hbond substituents is 7. The molecule has 24 nitrogen and oxygen atoms in total. The number of non-ortho nitro benzene ring substituents is 1. The minimum atomic E-state index is -4.50. The molecule has 728 valence electrons. The average Bonchev–Trinajstić information content (AvgIpc) is 0.796. The van der Waals surface area contributed by atoms with Gasteiger partial charge in [0.2, 0.25) is 0 Å². The van der Waals surface area contributed by atoms with Gasteiger partial charge in [-0.15, -0.1) is 0 Å². The highest BCUT2D eigenvalue weighted by molar-refractivity contribution is 14.1. The quantitative estimate of drug-likeness (QED) is 0.0132. The monoisotopic (exact) mass is 2900 g/mol. The van der Waals surface area contributed by atoms with Gasteiger partial charge in [0.15, 0.2) is 5.75 Å². The average molecular weight is 2910 g/mol. The number of hydrogen-bond donors (Lipinski definition) is 13. The van der Waals surface area contributed by atoms with Gasteiger partial charge < -0.3 is 72.4 Å². The third-order valence-electron chi connectivity index (χ3n) is 18.4. The summed E-state index contributed by atoms with van der Waals surface area (Å²) in [6, 6.07) is 60.3. The number of hydrogen-bond acceptors (Lipinski definition) is 17. The Balaban J connectivity index is 0.000000190. The number of aromatic hydroxyl groups is 7. The number of anilines is 6. The highest BCUT2D eigenvalue weighted by atomic mass is 127. The van der Waals surface area contributed by atoms with Crippen LogP contribution >= 0.6 is 298 Å². The largest absolute Gasteiger partial charge is 0.507 e. The van der Waals surface area contributed by atoms with Gasteiger partial charge in [-0.2, -0.15) is 18.4 Å². The standard InChI is InChI=1S/C22H14Cl2I2N2O2.C19H11Cl2I2NO3.C14H8Br2F3NO2.C13H8Br3NO2.C13H6Cl5NO3.C13H8Cl2N2O4/c1-11-6-15(17(10-27)12-2-4-13(23)5-3-12)18(24)9-20(11)28-22(30)16-7-14(25)8-19(26)21(16)29;20-10-1-4-13(5-2-10)27-17-6-3-12(9-15(17)21)24-19(26)14-7-11(22)8-16(23)18(14)25;15-8-5-10(12(21)11(16)6-8)13(22)20-9-3-1-2-7(4-9)14(17,18)19;14-7-1-3-9(4-2-7)17-13(19)10-5-8(15)6-11(16)12(10)18;14-4-1-6(16)11(20)8(2-4)19-13(22)9-10(18)5(15)3-7(17)12(9)21;14-7-1-4-12(18)9(5-7)13(19)16-11-3-2-8(17(20)21)6-10(11)15/h2-9,17,29H,1H3,(H,28,30);1-9,25H,(H,24,26);1-6,21H,(H,20,22);1-6,18H,(H,17,19);1-3,20-21H,(H,19,22);1-6,18H,(H,16,19). The summed E-state index contributed by atoms with van der Waals surface area (Å²) in [4.78, 5) is 83.8. The van der Waals surface area contributed by atoms with E-state index in [4.69, 9.17) is 132 Å². The van der Waals surface area contributed by atoms with Crippen LogP contribution in [0.1, 0.15) is 90.3 Å². The number of phenols is 7. The van der Waals surface area contributed by atoms with Gasteiger partial charge in [0.25, 0.3) is 41.1 Å². The van der Waals surface area contributed by atoms with Crippen LogP contribution in [0.2, 0.25) is 55.2 Å². The number of aryl methyl sites for hydroxylation is 1. The van der Waals surface area contributed by atoms with Gasteiger partial charge >= 0.3 is 6.18 Å². The first-order chi connectivity index (χ1) is 66.3. The third-order valence-corrected chi connectivity index (χ3v) is 27.2. The summed E-state index contributed by atoms with van der Waals surface area (Å²) in [5, 5.41) is 107. The zero-order valence-corrected chi connectivity index (χ0v) is 94.8. The normalized spacial score (nSPS) is 10.8. The molecule has 141 heavy (non-hydrogen) atoms. The number of nitrogens with one attached hydrogen (secondary N) is 6. The Bertz CT molecular complexity index is 7230. The van der Waals surface area contributed by atoms with Crippen LogP contribution < -0.4 is 36.6 Å². The van der Waals surface area contributed by atoms with Gasteiger partial charge in [-0.1, -0.05) is 200 Å². The molecule has 14 aromatic rings.